The standard InChI is InChI=1S/C11H14O2/c1-7(13)11-9-3-2-8(6-9)10(11)4-5-12/h2-3,5,8-11H,4,6H2,1H3. The molecular formula is C11H14O2. The lowest BCUT2D eigenvalue weighted by Crippen LogP contribution is -2.26. The van der Waals surface area contributed by atoms with Crippen LogP contribution >= 0.6 is 0 Å². The highest BCUT2D eigenvalue weighted by atomic mass is 16.1. The summed E-state index contributed by atoms with van der Waals surface area (Å²) in [5.41, 5.74) is 0. The van der Waals surface area contributed by atoms with Gasteiger partial charge in [0.25, 0.3) is 0 Å². The second kappa shape index (κ2) is 3.09. The van der Waals surface area contributed by atoms with E-state index in [1.54, 1.807) is 6.92 Å². The third-order valence-electron chi connectivity index (χ3n) is 3.46. The van der Waals surface area contributed by atoms with Gasteiger partial charge in [-0.1, -0.05) is 12.2 Å². The number of rotatable bonds is 3. The Hall–Kier alpha value is -0.920. The van der Waals surface area contributed by atoms with Gasteiger partial charge in [0, 0.05) is 12.3 Å². The Morgan fingerprint density at radius 1 is 1.46 bits per heavy atom. The first kappa shape index (κ1) is 8.67. The Labute approximate surface area is 78.0 Å². The van der Waals surface area contributed by atoms with Crippen molar-refractivity contribution in [2.45, 2.75) is 19.8 Å². The monoisotopic (exact) mass is 178 g/mol. The summed E-state index contributed by atoms with van der Waals surface area (Å²) in [5.74, 6) is 1.59. The number of ketones is 1. The molecule has 2 aliphatic rings. The minimum absolute atomic E-state index is 0.125. The minimum atomic E-state index is 0.125. The van der Waals surface area contributed by atoms with Gasteiger partial charge in [-0.05, 0) is 31.1 Å². The lowest BCUT2D eigenvalue weighted by molar-refractivity contribution is -0.123. The molecule has 4 unspecified atom stereocenters. The molecule has 0 spiro atoms. The number of hydrogen-bond donors (Lipinski definition) is 0. The highest BCUT2D eigenvalue weighted by Crippen LogP contribution is 2.49. The van der Waals surface area contributed by atoms with Crippen molar-refractivity contribution in [3.05, 3.63) is 12.2 Å². The summed E-state index contributed by atoms with van der Waals surface area (Å²) in [7, 11) is 0. The van der Waals surface area contributed by atoms with Gasteiger partial charge in [0.15, 0.2) is 0 Å². The van der Waals surface area contributed by atoms with E-state index in [9.17, 15) is 9.59 Å². The van der Waals surface area contributed by atoms with Crippen LogP contribution in [0.5, 0.6) is 0 Å². The van der Waals surface area contributed by atoms with Crippen molar-refractivity contribution >= 4 is 12.1 Å². The molecular weight excluding hydrogens is 164 g/mol. The lowest BCUT2D eigenvalue weighted by atomic mass is 9.79. The van der Waals surface area contributed by atoms with E-state index in [2.05, 4.69) is 12.2 Å². The van der Waals surface area contributed by atoms with Gasteiger partial charge in [-0.15, -0.1) is 0 Å². The van der Waals surface area contributed by atoms with Crippen LogP contribution in [0, 0.1) is 23.7 Å². The highest BCUT2D eigenvalue weighted by molar-refractivity contribution is 5.80. The number of hydrogen-bond acceptors (Lipinski definition) is 2. The Bertz CT molecular complexity index is 267. The Balaban J connectivity index is 2.20. The lowest BCUT2D eigenvalue weighted by Gasteiger charge is -2.23. The molecule has 70 valence electrons. The largest absolute Gasteiger partial charge is 0.303 e. The summed E-state index contributed by atoms with van der Waals surface area (Å²) in [6.45, 7) is 1.65. The van der Waals surface area contributed by atoms with Gasteiger partial charge >= 0.3 is 0 Å². The van der Waals surface area contributed by atoms with Crippen molar-refractivity contribution in [3.8, 4) is 0 Å². The Morgan fingerprint density at radius 2 is 2.15 bits per heavy atom. The summed E-state index contributed by atoms with van der Waals surface area (Å²) >= 11 is 0. The maximum atomic E-state index is 11.4. The third-order valence-corrected chi connectivity index (χ3v) is 3.46. The second-order valence-corrected chi connectivity index (χ2v) is 4.15. The zero-order valence-corrected chi connectivity index (χ0v) is 7.77. The molecule has 0 saturated heterocycles. The van der Waals surface area contributed by atoms with Crippen LogP contribution in [-0.2, 0) is 9.59 Å². The molecule has 4 atom stereocenters. The van der Waals surface area contributed by atoms with E-state index < -0.39 is 0 Å². The average Bonchev–Trinajstić information content (AvgIpc) is 2.63. The molecule has 2 nitrogen and oxygen atoms in total. The van der Waals surface area contributed by atoms with Crippen LogP contribution in [0.1, 0.15) is 19.8 Å². The van der Waals surface area contributed by atoms with Gasteiger partial charge in [-0.2, -0.15) is 0 Å². The summed E-state index contributed by atoms with van der Waals surface area (Å²) < 4.78 is 0. The zero-order valence-electron chi connectivity index (χ0n) is 7.77. The number of aldehydes is 1. The Kier molecular flexibility index (Phi) is 2.06. The van der Waals surface area contributed by atoms with Gasteiger partial charge in [0.05, 0.1) is 0 Å². The van der Waals surface area contributed by atoms with E-state index in [0.717, 1.165) is 12.7 Å². The quantitative estimate of drug-likeness (QED) is 0.486. The summed E-state index contributed by atoms with van der Waals surface area (Å²) in [5, 5.41) is 0. The third kappa shape index (κ3) is 1.25. The molecule has 2 rings (SSSR count). The van der Waals surface area contributed by atoms with Crippen LogP contribution in [-0.4, -0.2) is 12.1 Å². The van der Waals surface area contributed by atoms with Crippen molar-refractivity contribution < 1.29 is 9.59 Å². The van der Waals surface area contributed by atoms with Crippen molar-refractivity contribution in [1.29, 1.82) is 0 Å². The number of carbonyl (C=O) groups excluding carboxylic acids is 2. The van der Waals surface area contributed by atoms with Crippen LogP contribution in [0.3, 0.4) is 0 Å². The van der Waals surface area contributed by atoms with Crippen molar-refractivity contribution in [2.24, 2.45) is 23.7 Å². The first-order valence-corrected chi connectivity index (χ1v) is 4.86. The number of carbonyl (C=O) groups is 2. The smallest absolute Gasteiger partial charge is 0.133 e. The van der Waals surface area contributed by atoms with E-state index in [-0.39, 0.29) is 11.7 Å². The fourth-order valence-electron chi connectivity index (χ4n) is 2.96. The molecule has 0 aromatic heterocycles. The van der Waals surface area contributed by atoms with Gasteiger partial charge in [-0.3, -0.25) is 4.79 Å². The summed E-state index contributed by atoms with van der Waals surface area (Å²) in [4.78, 5) is 21.8. The SMILES string of the molecule is CC(=O)C1C2C=CC(C2)C1CC=O. The first-order valence-electron chi connectivity index (χ1n) is 4.86. The first-order chi connectivity index (χ1) is 6.24. The molecule has 2 heteroatoms. The number of Topliss-reactive ketones (excluding diaryl/α,β-unsaturated/α-hetero) is 1. The molecule has 2 aliphatic carbocycles. The maximum Gasteiger partial charge on any atom is 0.133 e. The molecule has 2 bridgehead atoms. The number of fused-ring (bicyclic) bond motifs is 2. The predicted molar refractivity (Wildman–Crippen MR) is 49.1 cm³/mol. The molecule has 0 aromatic carbocycles. The molecule has 1 fully saturated rings. The van der Waals surface area contributed by atoms with Crippen molar-refractivity contribution in [1.82, 2.24) is 0 Å². The van der Waals surface area contributed by atoms with Crippen LogP contribution in [0.15, 0.2) is 12.2 Å². The van der Waals surface area contributed by atoms with Crippen LogP contribution in [0.25, 0.3) is 0 Å². The van der Waals surface area contributed by atoms with E-state index in [0.29, 0.717) is 24.2 Å². The molecule has 0 aromatic rings. The van der Waals surface area contributed by atoms with E-state index >= 15 is 0 Å². The molecule has 1 saturated carbocycles. The van der Waals surface area contributed by atoms with Gasteiger partial charge in [-0.25, -0.2) is 0 Å². The minimum Gasteiger partial charge on any atom is -0.303 e. The van der Waals surface area contributed by atoms with E-state index in [4.69, 9.17) is 0 Å². The molecule has 0 aliphatic heterocycles. The summed E-state index contributed by atoms with van der Waals surface area (Å²) in [6.07, 6.45) is 6.92. The fraction of sp³-hybridized carbons (Fsp3) is 0.636. The summed E-state index contributed by atoms with van der Waals surface area (Å²) in [6, 6.07) is 0. The van der Waals surface area contributed by atoms with Gasteiger partial charge in [0.2, 0.25) is 0 Å². The molecule has 0 amide bonds. The molecule has 13 heavy (non-hydrogen) atoms. The number of allylic oxidation sites excluding steroid dienone is 2. The van der Waals surface area contributed by atoms with Gasteiger partial charge in [0.1, 0.15) is 12.1 Å². The molecule has 0 N–H and O–H groups in total. The van der Waals surface area contributed by atoms with Gasteiger partial charge < -0.3 is 4.79 Å². The molecule has 0 heterocycles. The van der Waals surface area contributed by atoms with E-state index in [1.807, 2.05) is 0 Å². The van der Waals surface area contributed by atoms with Crippen LogP contribution in [0.2, 0.25) is 0 Å². The van der Waals surface area contributed by atoms with E-state index in [1.165, 1.54) is 0 Å². The Morgan fingerprint density at radius 3 is 2.77 bits per heavy atom. The predicted octanol–water partition coefficient (Wildman–Crippen LogP) is 1.60. The zero-order chi connectivity index (χ0) is 9.42. The topological polar surface area (TPSA) is 34.1 Å². The fourth-order valence-corrected chi connectivity index (χ4v) is 2.96. The van der Waals surface area contributed by atoms with Crippen molar-refractivity contribution in [3.63, 3.8) is 0 Å². The second-order valence-electron chi connectivity index (χ2n) is 4.15. The van der Waals surface area contributed by atoms with Crippen LogP contribution < -0.4 is 0 Å². The van der Waals surface area contributed by atoms with Crippen LogP contribution in [0.4, 0.5) is 0 Å². The maximum absolute atomic E-state index is 11.4. The molecule has 0 radical (unpaired) electrons. The highest BCUT2D eigenvalue weighted by Gasteiger charge is 2.45. The van der Waals surface area contributed by atoms with Crippen molar-refractivity contribution in [2.75, 3.05) is 0 Å². The normalized spacial score (nSPS) is 41.0. The average molecular weight is 178 g/mol.